The predicted octanol–water partition coefficient (Wildman–Crippen LogP) is 2.99. The summed E-state index contributed by atoms with van der Waals surface area (Å²) in [6.07, 6.45) is 0.715. The van der Waals surface area contributed by atoms with E-state index in [2.05, 4.69) is 78.2 Å². The monoisotopic (exact) mass is 384 g/mol. The van der Waals surface area contributed by atoms with Gasteiger partial charge in [0.15, 0.2) is 0 Å². The highest BCUT2D eigenvalue weighted by Gasteiger charge is 2.35. The van der Waals surface area contributed by atoms with Crippen LogP contribution in [0.15, 0.2) is 91.0 Å². The Labute approximate surface area is 160 Å². The molecule has 4 N–H and O–H groups in total. The van der Waals surface area contributed by atoms with Crippen molar-refractivity contribution in [2.24, 2.45) is 5.84 Å². The predicted molar refractivity (Wildman–Crippen MR) is 109 cm³/mol. The minimum Gasteiger partial charge on any atom is -0.286 e. The van der Waals surface area contributed by atoms with Crippen molar-refractivity contribution in [1.82, 2.24) is 5.43 Å². The van der Waals surface area contributed by atoms with Gasteiger partial charge in [-0.15, -0.1) is 0 Å². The molecule has 0 bridgehead atoms. The molecule has 0 radical (unpaired) electrons. The van der Waals surface area contributed by atoms with Gasteiger partial charge in [-0.25, -0.2) is 0 Å². The maximum Gasteiger partial charge on any atom is 0.261 e. The van der Waals surface area contributed by atoms with Gasteiger partial charge in [-0.3, -0.25) is 15.8 Å². The van der Waals surface area contributed by atoms with Gasteiger partial charge in [-0.2, -0.15) is 8.42 Å². The molecule has 0 heterocycles. The fourth-order valence-corrected chi connectivity index (χ4v) is 3.13. The van der Waals surface area contributed by atoms with Crippen LogP contribution in [0.3, 0.4) is 0 Å². The molecule has 0 fully saturated rings. The van der Waals surface area contributed by atoms with Crippen LogP contribution in [0, 0.1) is 0 Å². The summed E-state index contributed by atoms with van der Waals surface area (Å²) in [5.74, 6) is 5.78. The quantitative estimate of drug-likeness (QED) is 0.272. The fourth-order valence-electron chi connectivity index (χ4n) is 3.13. The van der Waals surface area contributed by atoms with E-state index in [4.69, 9.17) is 10.4 Å². The van der Waals surface area contributed by atoms with E-state index in [0.717, 1.165) is 0 Å². The first-order chi connectivity index (χ1) is 12.9. The summed E-state index contributed by atoms with van der Waals surface area (Å²) in [7, 11) is -3.67. The zero-order valence-electron chi connectivity index (χ0n) is 15.1. The van der Waals surface area contributed by atoms with Gasteiger partial charge in [0.1, 0.15) is 0 Å². The number of rotatable bonds is 5. The molecule has 0 spiro atoms. The zero-order chi connectivity index (χ0) is 19.8. The summed E-state index contributed by atoms with van der Waals surface area (Å²) in [6, 6.07) is 31.6. The van der Waals surface area contributed by atoms with E-state index in [0.29, 0.717) is 12.8 Å². The lowest BCUT2D eigenvalue weighted by atomic mass is 9.69. The smallest absolute Gasteiger partial charge is 0.261 e. The Morgan fingerprint density at radius 1 is 0.778 bits per heavy atom. The first-order valence-corrected chi connectivity index (χ1v) is 10.3. The van der Waals surface area contributed by atoms with Crippen LogP contribution in [0.1, 0.15) is 16.7 Å². The number of nitrogens with two attached hydrogens (primary N) is 1. The first kappa shape index (κ1) is 20.8. The van der Waals surface area contributed by atoms with Crippen LogP contribution in [-0.4, -0.2) is 25.8 Å². The highest BCUT2D eigenvalue weighted by molar-refractivity contribution is 7.85. The molecule has 142 valence electrons. The maximum absolute atomic E-state index is 9.19. The Morgan fingerprint density at radius 2 is 1.04 bits per heavy atom. The summed E-state index contributed by atoms with van der Waals surface area (Å²) < 4.78 is 25.9. The minimum atomic E-state index is -3.67. The summed E-state index contributed by atoms with van der Waals surface area (Å²) in [5.41, 5.74) is 6.28. The molecule has 0 saturated heterocycles. The molecule has 0 aliphatic heterocycles. The first-order valence-electron chi connectivity index (χ1n) is 8.40. The van der Waals surface area contributed by atoms with Gasteiger partial charge >= 0.3 is 0 Å². The molecule has 27 heavy (non-hydrogen) atoms. The zero-order valence-corrected chi connectivity index (χ0v) is 15.9. The van der Waals surface area contributed by atoms with Gasteiger partial charge in [-0.1, -0.05) is 91.0 Å². The topological polar surface area (TPSA) is 92.4 Å². The van der Waals surface area contributed by atoms with Crippen molar-refractivity contribution in [3.63, 3.8) is 0 Å². The number of benzene rings is 3. The Kier molecular flexibility index (Phi) is 7.27. The Balaban J connectivity index is 0.000000465. The summed E-state index contributed by atoms with van der Waals surface area (Å²) in [5, 5.41) is 0. The Morgan fingerprint density at radius 3 is 1.26 bits per heavy atom. The van der Waals surface area contributed by atoms with Gasteiger partial charge in [0, 0.05) is 6.54 Å². The van der Waals surface area contributed by atoms with E-state index in [1.165, 1.54) is 16.7 Å². The summed E-state index contributed by atoms with van der Waals surface area (Å²) >= 11 is 0. The highest BCUT2D eigenvalue weighted by atomic mass is 32.2. The Hall–Kier alpha value is -2.51. The van der Waals surface area contributed by atoms with E-state index in [9.17, 15) is 8.42 Å². The largest absolute Gasteiger partial charge is 0.286 e. The molecule has 0 atom stereocenters. The third-order valence-corrected chi connectivity index (χ3v) is 4.17. The van der Waals surface area contributed by atoms with Crippen molar-refractivity contribution in [2.75, 3.05) is 12.8 Å². The molecule has 0 aliphatic rings. The molecule has 6 heteroatoms. The highest BCUT2D eigenvalue weighted by Crippen LogP contribution is 2.38. The third-order valence-electron chi connectivity index (χ3n) is 4.17. The van der Waals surface area contributed by atoms with Crippen molar-refractivity contribution in [2.45, 2.75) is 5.41 Å². The molecule has 0 aliphatic carbocycles. The van der Waals surface area contributed by atoms with E-state index < -0.39 is 10.1 Å². The van der Waals surface area contributed by atoms with Gasteiger partial charge in [0.25, 0.3) is 10.1 Å². The van der Waals surface area contributed by atoms with E-state index in [-0.39, 0.29) is 5.41 Å². The van der Waals surface area contributed by atoms with Crippen LogP contribution in [0.2, 0.25) is 0 Å². The number of hydrogen-bond donors (Lipinski definition) is 3. The van der Waals surface area contributed by atoms with Crippen molar-refractivity contribution in [3.05, 3.63) is 108 Å². The fraction of sp³-hybridized carbons (Fsp3) is 0.143. The normalized spacial score (nSPS) is 11.4. The third kappa shape index (κ3) is 5.74. The van der Waals surface area contributed by atoms with Crippen LogP contribution in [0.4, 0.5) is 0 Å². The second-order valence-electron chi connectivity index (χ2n) is 6.12. The lowest BCUT2D eigenvalue weighted by Gasteiger charge is -2.35. The average Bonchev–Trinajstić information content (AvgIpc) is 2.67. The van der Waals surface area contributed by atoms with Crippen LogP contribution in [-0.2, 0) is 15.5 Å². The van der Waals surface area contributed by atoms with Crippen molar-refractivity contribution in [1.29, 1.82) is 0 Å². The molecule has 0 saturated carbocycles. The van der Waals surface area contributed by atoms with Gasteiger partial charge in [0.2, 0.25) is 0 Å². The van der Waals surface area contributed by atoms with E-state index in [1.807, 2.05) is 18.2 Å². The summed E-state index contributed by atoms with van der Waals surface area (Å²) in [4.78, 5) is 0. The second kappa shape index (κ2) is 9.43. The molecular formula is C21H24N2O3S. The second-order valence-corrected chi connectivity index (χ2v) is 7.58. The van der Waals surface area contributed by atoms with Crippen LogP contribution in [0.25, 0.3) is 0 Å². The summed E-state index contributed by atoms with van der Waals surface area (Å²) in [6.45, 7) is 0.630. The van der Waals surface area contributed by atoms with E-state index >= 15 is 0 Å². The van der Waals surface area contributed by atoms with Crippen LogP contribution >= 0.6 is 0 Å². The van der Waals surface area contributed by atoms with Gasteiger partial charge < -0.3 is 0 Å². The standard InChI is InChI=1S/C20H20N2.CH4O3S/c21-22-16-20(17-10-4-1-5-11-17,18-12-6-2-7-13-18)19-14-8-3-9-15-19;1-5(2,3)4/h1-15,22H,16,21H2;1H3,(H,2,3,4). The van der Waals surface area contributed by atoms with Gasteiger partial charge in [-0.05, 0) is 16.7 Å². The molecular weight excluding hydrogens is 360 g/mol. The number of hydrogen-bond acceptors (Lipinski definition) is 4. The molecule has 0 unspecified atom stereocenters. The average molecular weight is 385 g/mol. The Bertz CT molecular complexity index is 811. The molecule has 3 aromatic carbocycles. The van der Waals surface area contributed by atoms with Crippen LogP contribution < -0.4 is 11.3 Å². The number of hydrazine groups is 1. The lowest BCUT2D eigenvalue weighted by molar-refractivity contribution is 0.490. The molecule has 3 rings (SSSR count). The molecule has 0 aromatic heterocycles. The van der Waals surface area contributed by atoms with Crippen molar-refractivity contribution >= 4 is 10.1 Å². The number of nitrogens with one attached hydrogen (secondary N) is 1. The molecule has 0 amide bonds. The van der Waals surface area contributed by atoms with Gasteiger partial charge in [0.05, 0.1) is 11.7 Å². The molecule has 3 aromatic rings. The van der Waals surface area contributed by atoms with Crippen LogP contribution in [0.5, 0.6) is 0 Å². The van der Waals surface area contributed by atoms with Crippen molar-refractivity contribution < 1.29 is 13.0 Å². The SMILES string of the molecule is CS(=O)(=O)O.NNCC(c1ccccc1)(c1ccccc1)c1ccccc1. The molecule has 5 nitrogen and oxygen atoms in total. The van der Waals surface area contributed by atoms with Crippen molar-refractivity contribution in [3.8, 4) is 0 Å². The maximum atomic E-state index is 9.19. The van der Waals surface area contributed by atoms with E-state index in [1.54, 1.807) is 0 Å². The lowest BCUT2D eigenvalue weighted by Crippen LogP contribution is -2.43. The minimum absolute atomic E-state index is 0.307.